The van der Waals surface area contributed by atoms with Crippen molar-refractivity contribution < 1.29 is 4.42 Å². The number of benzene rings is 8. The molecule has 0 saturated heterocycles. The summed E-state index contributed by atoms with van der Waals surface area (Å²) in [5, 5.41) is 9.62. The van der Waals surface area contributed by atoms with Crippen molar-refractivity contribution in [3.05, 3.63) is 158 Å². The van der Waals surface area contributed by atoms with E-state index in [0.29, 0.717) is 0 Å². The third-order valence-corrected chi connectivity index (χ3v) is 8.86. The summed E-state index contributed by atoms with van der Waals surface area (Å²) in [6.45, 7) is 0. The molecule has 0 fully saturated rings. The highest BCUT2D eigenvalue weighted by Crippen LogP contribution is 2.45. The summed E-state index contributed by atoms with van der Waals surface area (Å²) in [7, 11) is 0. The minimum Gasteiger partial charge on any atom is -0.455 e. The average molecular weight is 547 g/mol. The zero-order valence-electron chi connectivity index (χ0n) is 23.4. The Bertz CT molecular complexity index is 2420. The number of fused-ring (bicyclic) bond motifs is 7. The maximum absolute atomic E-state index is 6.59. The fourth-order valence-electron chi connectivity index (χ4n) is 6.87. The molecule has 200 valence electrons. The summed E-state index contributed by atoms with van der Waals surface area (Å²) >= 11 is 0. The second kappa shape index (κ2) is 9.44. The summed E-state index contributed by atoms with van der Waals surface area (Å²) in [6.07, 6.45) is 0. The lowest BCUT2D eigenvalue weighted by Gasteiger charge is -2.18. The van der Waals surface area contributed by atoms with Gasteiger partial charge in [-0.3, -0.25) is 0 Å². The summed E-state index contributed by atoms with van der Waals surface area (Å²) in [4.78, 5) is 0. The standard InChI is InChI=1S/C42H26O/c1-2-10-27(11-3-1)28-18-20-30(21-19-28)40-34-14-6-8-16-36(34)41(37-17-9-7-15-35(37)40)31-23-24-33-38-25-22-29-12-4-5-13-32(29)42(38)43-39(33)26-31/h1-26H. The average Bonchev–Trinajstić information content (AvgIpc) is 3.46. The second-order valence-electron chi connectivity index (χ2n) is 11.3. The molecule has 0 aliphatic heterocycles. The normalized spacial score (nSPS) is 11.7. The molecule has 9 rings (SSSR count). The van der Waals surface area contributed by atoms with Crippen molar-refractivity contribution in [1.82, 2.24) is 0 Å². The van der Waals surface area contributed by atoms with Crippen molar-refractivity contribution in [1.29, 1.82) is 0 Å². The van der Waals surface area contributed by atoms with Gasteiger partial charge in [0.2, 0.25) is 0 Å². The summed E-state index contributed by atoms with van der Waals surface area (Å²) < 4.78 is 6.59. The molecule has 0 aliphatic rings. The highest BCUT2D eigenvalue weighted by molar-refractivity contribution is 6.22. The minimum atomic E-state index is 0.914. The van der Waals surface area contributed by atoms with E-state index in [0.717, 1.165) is 32.9 Å². The van der Waals surface area contributed by atoms with Crippen LogP contribution in [-0.4, -0.2) is 0 Å². The van der Waals surface area contributed by atoms with Gasteiger partial charge in [-0.1, -0.05) is 140 Å². The van der Waals surface area contributed by atoms with Crippen LogP contribution in [0.4, 0.5) is 0 Å². The van der Waals surface area contributed by atoms with Gasteiger partial charge in [0, 0.05) is 16.2 Å². The van der Waals surface area contributed by atoms with E-state index < -0.39 is 0 Å². The molecule has 8 aromatic carbocycles. The Hall–Kier alpha value is -5.66. The number of hydrogen-bond acceptors (Lipinski definition) is 1. The van der Waals surface area contributed by atoms with Crippen LogP contribution in [0.1, 0.15) is 0 Å². The van der Waals surface area contributed by atoms with Gasteiger partial charge in [-0.2, -0.15) is 0 Å². The van der Waals surface area contributed by atoms with Gasteiger partial charge in [0.05, 0.1) is 0 Å². The van der Waals surface area contributed by atoms with Gasteiger partial charge in [0.15, 0.2) is 0 Å². The van der Waals surface area contributed by atoms with Gasteiger partial charge in [-0.05, 0) is 78.5 Å². The Morgan fingerprint density at radius 1 is 0.302 bits per heavy atom. The first-order chi connectivity index (χ1) is 21.3. The quantitative estimate of drug-likeness (QED) is 0.201. The van der Waals surface area contributed by atoms with Crippen molar-refractivity contribution in [2.24, 2.45) is 0 Å². The minimum absolute atomic E-state index is 0.914. The van der Waals surface area contributed by atoms with Gasteiger partial charge in [0.1, 0.15) is 11.2 Å². The van der Waals surface area contributed by atoms with E-state index in [-0.39, 0.29) is 0 Å². The number of rotatable bonds is 3. The van der Waals surface area contributed by atoms with Crippen LogP contribution in [-0.2, 0) is 0 Å². The highest BCUT2D eigenvalue weighted by atomic mass is 16.3. The Morgan fingerprint density at radius 2 is 0.791 bits per heavy atom. The highest BCUT2D eigenvalue weighted by Gasteiger charge is 2.18. The summed E-state index contributed by atoms with van der Waals surface area (Å²) in [5.74, 6) is 0. The van der Waals surface area contributed by atoms with Crippen molar-refractivity contribution in [3.8, 4) is 33.4 Å². The molecular formula is C42H26O. The molecule has 0 radical (unpaired) electrons. The fraction of sp³-hybridized carbons (Fsp3) is 0. The molecule has 0 atom stereocenters. The van der Waals surface area contributed by atoms with Crippen LogP contribution in [0.25, 0.3) is 87.6 Å². The van der Waals surface area contributed by atoms with Crippen LogP contribution in [0.2, 0.25) is 0 Å². The smallest absolute Gasteiger partial charge is 0.143 e. The van der Waals surface area contributed by atoms with E-state index >= 15 is 0 Å². The Balaban J connectivity index is 1.28. The largest absolute Gasteiger partial charge is 0.455 e. The molecule has 0 N–H and O–H groups in total. The zero-order chi connectivity index (χ0) is 28.3. The van der Waals surface area contributed by atoms with Crippen molar-refractivity contribution in [3.63, 3.8) is 0 Å². The predicted octanol–water partition coefficient (Wildman–Crippen LogP) is 12.0. The first-order valence-electron chi connectivity index (χ1n) is 14.8. The summed E-state index contributed by atoms with van der Waals surface area (Å²) in [6, 6.07) is 56.7. The Morgan fingerprint density at radius 3 is 1.47 bits per heavy atom. The molecule has 0 aliphatic carbocycles. The molecule has 9 aromatic rings. The van der Waals surface area contributed by atoms with E-state index in [1.54, 1.807) is 0 Å². The number of furan rings is 1. The van der Waals surface area contributed by atoms with E-state index in [4.69, 9.17) is 4.42 Å². The monoisotopic (exact) mass is 546 g/mol. The Kier molecular flexibility index (Phi) is 5.27. The molecule has 0 amide bonds. The SMILES string of the molecule is c1ccc(-c2ccc(-c3c4ccccc4c(-c4ccc5c(c4)oc4c6ccccc6ccc54)c4ccccc34)cc2)cc1. The molecular weight excluding hydrogens is 520 g/mol. The van der Waals surface area contributed by atoms with E-state index in [2.05, 4.69) is 158 Å². The lowest BCUT2D eigenvalue weighted by atomic mass is 9.85. The molecule has 0 saturated carbocycles. The zero-order valence-corrected chi connectivity index (χ0v) is 23.4. The molecule has 0 spiro atoms. The van der Waals surface area contributed by atoms with Crippen LogP contribution in [0.5, 0.6) is 0 Å². The molecule has 1 aromatic heterocycles. The van der Waals surface area contributed by atoms with Gasteiger partial charge in [0.25, 0.3) is 0 Å². The maximum Gasteiger partial charge on any atom is 0.143 e. The van der Waals surface area contributed by atoms with Crippen LogP contribution in [0.15, 0.2) is 162 Å². The maximum atomic E-state index is 6.59. The second-order valence-corrected chi connectivity index (χ2v) is 11.3. The van der Waals surface area contributed by atoms with Crippen LogP contribution in [0.3, 0.4) is 0 Å². The van der Waals surface area contributed by atoms with Gasteiger partial charge in [-0.15, -0.1) is 0 Å². The van der Waals surface area contributed by atoms with Crippen LogP contribution in [0, 0.1) is 0 Å². The molecule has 1 heteroatoms. The van der Waals surface area contributed by atoms with Gasteiger partial charge in [-0.25, -0.2) is 0 Å². The lowest BCUT2D eigenvalue weighted by Crippen LogP contribution is -1.91. The number of hydrogen-bond donors (Lipinski definition) is 0. The lowest BCUT2D eigenvalue weighted by molar-refractivity contribution is 0.673. The van der Waals surface area contributed by atoms with Crippen LogP contribution < -0.4 is 0 Å². The summed E-state index contributed by atoms with van der Waals surface area (Å²) in [5.41, 5.74) is 9.21. The molecule has 1 heterocycles. The third kappa shape index (κ3) is 3.72. The first kappa shape index (κ1) is 24.0. The van der Waals surface area contributed by atoms with Crippen molar-refractivity contribution >= 4 is 54.3 Å². The third-order valence-electron chi connectivity index (χ3n) is 8.86. The Labute approximate surface area is 249 Å². The van der Waals surface area contributed by atoms with Crippen LogP contribution >= 0.6 is 0 Å². The van der Waals surface area contributed by atoms with Gasteiger partial charge >= 0.3 is 0 Å². The van der Waals surface area contributed by atoms with E-state index in [1.165, 1.54) is 54.7 Å². The van der Waals surface area contributed by atoms with E-state index in [9.17, 15) is 0 Å². The molecule has 1 nitrogen and oxygen atoms in total. The fourth-order valence-corrected chi connectivity index (χ4v) is 6.87. The first-order valence-corrected chi connectivity index (χ1v) is 14.8. The van der Waals surface area contributed by atoms with E-state index in [1.807, 2.05) is 0 Å². The molecule has 0 unspecified atom stereocenters. The van der Waals surface area contributed by atoms with Crippen molar-refractivity contribution in [2.45, 2.75) is 0 Å². The molecule has 43 heavy (non-hydrogen) atoms. The predicted molar refractivity (Wildman–Crippen MR) is 183 cm³/mol. The topological polar surface area (TPSA) is 13.1 Å². The van der Waals surface area contributed by atoms with Crippen molar-refractivity contribution in [2.75, 3.05) is 0 Å². The molecule has 0 bridgehead atoms. The van der Waals surface area contributed by atoms with Gasteiger partial charge < -0.3 is 4.42 Å².